The first kappa shape index (κ1) is 16.3. The first-order valence-corrected chi connectivity index (χ1v) is 8.01. The first-order chi connectivity index (χ1) is 9.85. The van der Waals surface area contributed by atoms with Crippen molar-refractivity contribution in [1.29, 1.82) is 0 Å². The van der Waals surface area contributed by atoms with Crippen molar-refractivity contribution in [3.8, 4) is 5.75 Å². The van der Waals surface area contributed by atoms with Crippen LogP contribution >= 0.6 is 15.9 Å². The summed E-state index contributed by atoms with van der Waals surface area (Å²) in [6.45, 7) is 7.24. The highest BCUT2D eigenvalue weighted by molar-refractivity contribution is 9.10. The molecule has 0 aromatic heterocycles. The highest BCUT2D eigenvalue weighted by Crippen LogP contribution is 2.27. The number of hydrogen-bond acceptors (Lipinski definition) is 3. The molecule has 0 bridgehead atoms. The molecule has 21 heavy (non-hydrogen) atoms. The molecule has 1 aliphatic rings. The van der Waals surface area contributed by atoms with Gasteiger partial charge in [0.1, 0.15) is 12.4 Å². The number of amides is 1. The SMILES string of the molecule is CC(C)(C)NC(=O)c1ccc(OC[C@@H]2CCCO2)c(Br)c1. The predicted molar refractivity (Wildman–Crippen MR) is 85.8 cm³/mol. The van der Waals surface area contributed by atoms with E-state index in [9.17, 15) is 4.79 Å². The van der Waals surface area contributed by atoms with Crippen molar-refractivity contribution in [3.05, 3.63) is 28.2 Å². The molecule has 1 heterocycles. The molecule has 0 saturated carbocycles. The number of hydrogen-bond donors (Lipinski definition) is 1. The minimum atomic E-state index is -0.251. The van der Waals surface area contributed by atoms with E-state index in [0.717, 1.165) is 29.7 Å². The van der Waals surface area contributed by atoms with Gasteiger partial charge in [0.2, 0.25) is 0 Å². The second-order valence-electron chi connectivity index (χ2n) is 6.30. The molecule has 5 heteroatoms. The fraction of sp³-hybridized carbons (Fsp3) is 0.562. The van der Waals surface area contributed by atoms with Crippen LogP contribution in [-0.2, 0) is 4.74 Å². The zero-order valence-electron chi connectivity index (χ0n) is 12.7. The summed E-state index contributed by atoms with van der Waals surface area (Å²) < 4.78 is 12.1. The summed E-state index contributed by atoms with van der Waals surface area (Å²) in [5, 5.41) is 2.94. The molecule has 0 radical (unpaired) electrons. The molecular weight excluding hydrogens is 334 g/mol. The smallest absolute Gasteiger partial charge is 0.251 e. The van der Waals surface area contributed by atoms with Crippen LogP contribution in [0.5, 0.6) is 5.75 Å². The fourth-order valence-electron chi connectivity index (χ4n) is 2.13. The zero-order valence-corrected chi connectivity index (χ0v) is 14.3. The zero-order chi connectivity index (χ0) is 15.5. The molecule has 1 N–H and O–H groups in total. The van der Waals surface area contributed by atoms with Gasteiger partial charge in [-0.1, -0.05) is 0 Å². The van der Waals surface area contributed by atoms with Crippen molar-refractivity contribution >= 4 is 21.8 Å². The Morgan fingerprint density at radius 2 is 2.24 bits per heavy atom. The third-order valence-corrected chi connectivity index (χ3v) is 3.75. The van der Waals surface area contributed by atoms with Gasteiger partial charge < -0.3 is 14.8 Å². The van der Waals surface area contributed by atoms with Crippen molar-refractivity contribution < 1.29 is 14.3 Å². The molecule has 1 aromatic rings. The molecule has 1 amide bonds. The minimum absolute atomic E-state index is 0.0890. The topological polar surface area (TPSA) is 47.6 Å². The molecule has 0 aliphatic carbocycles. The minimum Gasteiger partial charge on any atom is -0.490 e. The summed E-state index contributed by atoms with van der Waals surface area (Å²) in [5.74, 6) is 0.645. The number of halogens is 1. The summed E-state index contributed by atoms with van der Waals surface area (Å²) >= 11 is 3.46. The van der Waals surface area contributed by atoms with Crippen LogP contribution in [0.4, 0.5) is 0 Å². The van der Waals surface area contributed by atoms with Crippen molar-refractivity contribution in [2.75, 3.05) is 13.2 Å². The van der Waals surface area contributed by atoms with E-state index in [0.29, 0.717) is 12.2 Å². The van der Waals surface area contributed by atoms with E-state index in [4.69, 9.17) is 9.47 Å². The van der Waals surface area contributed by atoms with Crippen LogP contribution < -0.4 is 10.1 Å². The average Bonchev–Trinajstić information content (AvgIpc) is 2.88. The van der Waals surface area contributed by atoms with Crippen LogP contribution in [0.2, 0.25) is 0 Å². The fourth-order valence-corrected chi connectivity index (χ4v) is 2.62. The largest absolute Gasteiger partial charge is 0.490 e. The molecular formula is C16H22BrNO3. The number of rotatable bonds is 4. The van der Waals surface area contributed by atoms with E-state index >= 15 is 0 Å². The maximum absolute atomic E-state index is 12.1. The molecule has 0 unspecified atom stereocenters. The molecule has 4 nitrogen and oxygen atoms in total. The lowest BCUT2D eigenvalue weighted by Crippen LogP contribution is -2.40. The molecule has 1 fully saturated rings. The monoisotopic (exact) mass is 355 g/mol. The van der Waals surface area contributed by atoms with Crippen LogP contribution in [0.1, 0.15) is 44.0 Å². The van der Waals surface area contributed by atoms with Gasteiger partial charge >= 0.3 is 0 Å². The Hall–Kier alpha value is -1.07. The Bertz CT molecular complexity index is 505. The van der Waals surface area contributed by atoms with Crippen molar-refractivity contribution in [1.82, 2.24) is 5.32 Å². The van der Waals surface area contributed by atoms with E-state index < -0.39 is 0 Å². The summed E-state index contributed by atoms with van der Waals surface area (Å²) in [7, 11) is 0. The van der Waals surface area contributed by atoms with Gasteiger partial charge in [-0.05, 0) is 67.7 Å². The Balaban J connectivity index is 1.98. The van der Waals surface area contributed by atoms with Gasteiger partial charge in [-0.3, -0.25) is 4.79 Å². The third-order valence-electron chi connectivity index (χ3n) is 3.13. The van der Waals surface area contributed by atoms with Crippen molar-refractivity contribution in [2.24, 2.45) is 0 Å². The molecule has 2 rings (SSSR count). The van der Waals surface area contributed by atoms with Gasteiger partial charge in [0.25, 0.3) is 5.91 Å². The number of carbonyl (C=O) groups excluding carboxylic acids is 1. The number of carbonyl (C=O) groups is 1. The van der Waals surface area contributed by atoms with Gasteiger partial charge in [0.15, 0.2) is 0 Å². The Morgan fingerprint density at radius 1 is 1.48 bits per heavy atom. The summed E-state index contributed by atoms with van der Waals surface area (Å²) in [6, 6.07) is 5.37. The Morgan fingerprint density at radius 3 is 2.81 bits per heavy atom. The Kier molecular flexibility index (Phi) is 5.27. The quantitative estimate of drug-likeness (QED) is 0.898. The molecule has 1 aliphatic heterocycles. The van der Waals surface area contributed by atoms with Crippen LogP contribution in [0.25, 0.3) is 0 Å². The summed E-state index contributed by atoms with van der Waals surface area (Å²) in [6.07, 6.45) is 2.32. The number of benzene rings is 1. The number of ether oxygens (including phenoxy) is 2. The normalized spacial score (nSPS) is 18.6. The lowest BCUT2D eigenvalue weighted by molar-refractivity contribution is 0.0676. The van der Waals surface area contributed by atoms with E-state index in [1.165, 1.54) is 0 Å². The van der Waals surface area contributed by atoms with Crippen molar-refractivity contribution in [3.63, 3.8) is 0 Å². The maximum atomic E-state index is 12.1. The van der Waals surface area contributed by atoms with Gasteiger partial charge in [-0.2, -0.15) is 0 Å². The van der Waals surface area contributed by atoms with Crippen LogP contribution in [0, 0.1) is 0 Å². The van der Waals surface area contributed by atoms with E-state index in [1.54, 1.807) is 12.1 Å². The van der Waals surface area contributed by atoms with Gasteiger partial charge in [0, 0.05) is 17.7 Å². The predicted octanol–water partition coefficient (Wildman–Crippen LogP) is 3.54. The highest BCUT2D eigenvalue weighted by Gasteiger charge is 2.18. The van der Waals surface area contributed by atoms with Crippen LogP contribution in [0.3, 0.4) is 0 Å². The lowest BCUT2D eigenvalue weighted by atomic mass is 10.1. The second-order valence-corrected chi connectivity index (χ2v) is 7.15. The molecule has 1 atom stereocenters. The van der Waals surface area contributed by atoms with E-state index in [2.05, 4.69) is 21.2 Å². The van der Waals surface area contributed by atoms with Gasteiger partial charge in [-0.15, -0.1) is 0 Å². The van der Waals surface area contributed by atoms with E-state index in [-0.39, 0.29) is 17.6 Å². The second kappa shape index (κ2) is 6.79. The third kappa shape index (κ3) is 5.00. The summed E-state index contributed by atoms with van der Waals surface area (Å²) in [4.78, 5) is 12.1. The molecule has 1 aromatic carbocycles. The first-order valence-electron chi connectivity index (χ1n) is 7.21. The van der Waals surface area contributed by atoms with Gasteiger partial charge in [-0.25, -0.2) is 0 Å². The Labute approximate surface area is 134 Å². The highest BCUT2D eigenvalue weighted by atomic mass is 79.9. The number of nitrogens with one attached hydrogen (secondary N) is 1. The van der Waals surface area contributed by atoms with Crippen LogP contribution in [0.15, 0.2) is 22.7 Å². The standard InChI is InChI=1S/C16H22BrNO3/c1-16(2,3)18-15(19)11-6-7-14(13(17)9-11)21-10-12-5-4-8-20-12/h6-7,9,12H,4-5,8,10H2,1-3H3,(H,18,19)/t12-/m0/s1. The van der Waals surface area contributed by atoms with Crippen molar-refractivity contribution in [2.45, 2.75) is 45.3 Å². The summed E-state index contributed by atoms with van der Waals surface area (Å²) in [5.41, 5.74) is 0.361. The maximum Gasteiger partial charge on any atom is 0.251 e. The molecule has 116 valence electrons. The van der Waals surface area contributed by atoms with Gasteiger partial charge in [0.05, 0.1) is 10.6 Å². The molecule has 1 saturated heterocycles. The lowest BCUT2D eigenvalue weighted by Gasteiger charge is -2.20. The average molecular weight is 356 g/mol. The van der Waals surface area contributed by atoms with E-state index in [1.807, 2.05) is 26.8 Å². The van der Waals surface area contributed by atoms with Crippen LogP contribution in [-0.4, -0.2) is 30.8 Å². The molecule has 0 spiro atoms.